The number of benzene rings is 2. The second-order valence-corrected chi connectivity index (χ2v) is 4.81. The Balaban J connectivity index is 0.00000242. The van der Waals surface area contributed by atoms with Gasteiger partial charge in [-0.05, 0) is 22.8 Å². The lowest BCUT2D eigenvalue weighted by atomic mass is 10.0. The molecule has 0 heterocycles. The molecule has 2 aromatic rings. The fourth-order valence-corrected chi connectivity index (χ4v) is 2.32. The fraction of sp³-hybridized carbons (Fsp3) is 0.353. The summed E-state index contributed by atoms with van der Waals surface area (Å²) in [6.45, 7) is 2.27. The van der Waals surface area contributed by atoms with Crippen LogP contribution in [0.15, 0.2) is 47.5 Å². The van der Waals surface area contributed by atoms with Crippen molar-refractivity contribution in [2.24, 2.45) is 4.99 Å². The topological polar surface area (TPSA) is 45.7 Å². The number of halogens is 1. The molecule has 0 aromatic heterocycles. The van der Waals surface area contributed by atoms with Crippen LogP contribution in [-0.4, -0.2) is 39.8 Å². The molecule has 0 aliphatic rings. The van der Waals surface area contributed by atoms with Crippen LogP contribution in [0.2, 0.25) is 0 Å². The predicted molar refractivity (Wildman–Crippen MR) is 104 cm³/mol. The minimum atomic E-state index is 0. The number of ether oxygens (including phenoxy) is 1. The first-order valence-electron chi connectivity index (χ1n) is 7.25. The van der Waals surface area contributed by atoms with Crippen LogP contribution in [0.5, 0.6) is 0 Å². The zero-order valence-electron chi connectivity index (χ0n) is 13.1. The van der Waals surface area contributed by atoms with Crippen LogP contribution >= 0.6 is 24.0 Å². The fourth-order valence-electron chi connectivity index (χ4n) is 2.32. The third-order valence-corrected chi connectivity index (χ3v) is 3.39. The highest BCUT2D eigenvalue weighted by Gasteiger charge is 2.01. The monoisotopic (exact) mass is 413 g/mol. The summed E-state index contributed by atoms with van der Waals surface area (Å²) in [5.74, 6) is 0.812. The molecule has 0 aliphatic carbocycles. The molecule has 0 bridgehead atoms. The van der Waals surface area contributed by atoms with Crippen LogP contribution in [0.4, 0.5) is 0 Å². The molecule has 0 saturated heterocycles. The first-order chi connectivity index (χ1) is 10.3. The van der Waals surface area contributed by atoms with E-state index in [2.05, 4.69) is 58.1 Å². The van der Waals surface area contributed by atoms with Gasteiger partial charge in [0, 0.05) is 27.2 Å². The Morgan fingerprint density at radius 1 is 1.05 bits per heavy atom. The lowest BCUT2D eigenvalue weighted by Crippen LogP contribution is -2.39. The van der Waals surface area contributed by atoms with E-state index < -0.39 is 0 Å². The van der Waals surface area contributed by atoms with Crippen LogP contribution in [0.25, 0.3) is 10.8 Å². The highest BCUT2D eigenvalue weighted by atomic mass is 127. The summed E-state index contributed by atoms with van der Waals surface area (Å²) in [7, 11) is 3.47. The van der Waals surface area contributed by atoms with E-state index >= 15 is 0 Å². The molecular formula is C17H24IN3O. The van der Waals surface area contributed by atoms with Gasteiger partial charge in [-0.15, -0.1) is 24.0 Å². The molecule has 5 heteroatoms. The lowest BCUT2D eigenvalue weighted by molar-refractivity contribution is 0.203. The van der Waals surface area contributed by atoms with E-state index in [1.54, 1.807) is 14.2 Å². The first kappa shape index (κ1) is 18.7. The maximum atomic E-state index is 5.01. The van der Waals surface area contributed by atoms with E-state index in [1.165, 1.54) is 16.3 Å². The molecule has 0 spiro atoms. The molecule has 0 aliphatic heterocycles. The standard InChI is InChI=1S/C17H23N3O.HI/c1-18-17(20-12-13-21-2)19-11-10-15-8-5-7-14-6-3-4-9-16(14)15;/h3-9H,10-13H2,1-2H3,(H2,18,19,20);1H. The summed E-state index contributed by atoms with van der Waals surface area (Å²) in [6.07, 6.45) is 0.965. The Morgan fingerprint density at radius 3 is 2.55 bits per heavy atom. The van der Waals surface area contributed by atoms with Crippen LogP contribution in [0, 0.1) is 0 Å². The summed E-state index contributed by atoms with van der Waals surface area (Å²) < 4.78 is 5.01. The number of nitrogens with one attached hydrogen (secondary N) is 2. The van der Waals surface area contributed by atoms with E-state index in [1.807, 2.05) is 0 Å². The van der Waals surface area contributed by atoms with Gasteiger partial charge in [0.2, 0.25) is 0 Å². The Hall–Kier alpha value is -1.34. The number of guanidine groups is 1. The van der Waals surface area contributed by atoms with Crippen LogP contribution in [0.3, 0.4) is 0 Å². The maximum absolute atomic E-state index is 5.01. The molecule has 0 atom stereocenters. The zero-order chi connectivity index (χ0) is 14.9. The smallest absolute Gasteiger partial charge is 0.191 e. The van der Waals surface area contributed by atoms with Crippen LogP contribution in [0.1, 0.15) is 5.56 Å². The molecule has 2 N–H and O–H groups in total. The summed E-state index contributed by atoms with van der Waals surface area (Å²) in [5.41, 5.74) is 1.35. The number of methoxy groups -OCH3 is 1. The van der Waals surface area contributed by atoms with Crippen LogP contribution in [-0.2, 0) is 11.2 Å². The van der Waals surface area contributed by atoms with Gasteiger partial charge in [0.05, 0.1) is 6.61 Å². The normalized spacial score (nSPS) is 11.1. The third kappa shape index (κ3) is 5.46. The largest absolute Gasteiger partial charge is 0.383 e. The van der Waals surface area contributed by atoms with Gasteiger partial charge >= 0.3 is 0 Å². The number of fused-ring (bicyclic) bond motifs is 1. The average molecular weight is 413 g/mol. The number of nitrogens with zero attached hydrogens (tertiary/aromatic N) is 1. The second kappa shape index (κ2) is 10.4. The van der Waals surface area contributed by atoms with E-state index in [9.17, 15) is 0 Å². The molecule has 0 radical (unpaired) electrons. The van der Waals surface area contributed by atoms with Crippen molar-refractivity contribution in [2.45, 2.75) is 6.42 Å². The van der Waals surface area contributed by atoms with E-state index in [-0.39, 0.29) is 24.0 Å². The van der Waals surface area contributed by atoms with Gasteiger partial charge < -0.3 is 15.4 Å². The Kier molecular flexibility index (Phi) is 8.84. The SMILES string of the molecule is CN=C(NCCOC)NCCc1cccc2ccccc12.I. The minimum absolute atomic E-state index is 0. The van der Waals surface area contributed by atoms with Crippen molar-refractivity contribution in [3.05, 3.63) is 48.0 Å². The molecule has 2 rings (SSSR count). The first-order valence-corrected chi connectivity index (χ1v) is 7.25. The number of hydrogen-bond donors (Lipinski definition) is 2. The Bertz CT molecular complexity index is 596. The molecule has 0 unspecified atom stereocenters. The molecule has 4 nitrogen and oxygen atoms in total. The average Bonchev–Trinajstić information content (AvgIpc) is 2.53. The summed E-state index contributed by atoms with van der Waals surface area (Å²) in [4.78, 5) is 4.19. The van der Waals surface area contributed by atoms with Gasteiger partial charge in [0.15, 0.2) is 5.96 Å². The maximum Gasteiger partial charge on any atom is 0.191 e. The van der Waals surface area contributed by atoms with Crippen molar-refractivity contribution in [3.63, 3.8) is 0 Å². The third-order valence-electron chi connectivity index (χ3n) is 3.39. The predicted octanol–water partition coefficient (Wildman–Crippen LogP) is 2.81. The van der Waals surface area contributed by atoms with Crippen molar-refractivity contribution in [3.8, 4) is 0 Å². The molecule has 0 saturated carbocycles. The number of rotatable bonds is 6. The van der Waals surface area contributed by atoms with Crippen molar-refractivity contribution in [2.75, 3.05) is 33.9 Å². The van der Waals surface area contributed by atoms with Crippen molar-refractivity contribution >= 4 is 40.7 Å². The number of hydrogen-bond acceptors (Lipinski definition) is 2. The lowest BCUT2D eigenvalue weighted by Gasteiger charge is -2.12. The van der Waals surface area contributed by atoms with E-state index in [0.717, 1.165) is 25.5 Å². The molecule has 2 aromatic carbocycles. The van der Waals surface area contributed by atoms with E-state index in [0.29, 0.717) is 6.61 Å². The summed E-state index contributed by atoms with van der Waals surface area (Å²) in [6, 6.07) is 14.9. The van der Waals surface area contributed by atoms with Crippen LogP contribution < -0.4 is 10.6 Å². The van der Waals surface area contributed by atoms with Gasteiger partial charge in [-0.3, -0.25) is 4.99 Å². The molecule has 120 valence electrons. The van der Waals surface area contributed by atoms with Crippen molar-refractivity contribution in [1.82, 2.24) is 10.6 Å². The zero-order valence-corrected chi connectivity index (χ0v) is 15.5. The van der Waals surface area contributed by atoms with Crippen molar-refractivity contribution in [1.29, 1.82) is 0 Å². The Morgan fingerprint density at radius 2 is 1.77 bits per heavy atom. The highest BCUT2D eigenvalue weighted by molar-refractivity contribution is 14.0. The Labute approximate surface area is 149 Å². The van der Waals surface area contributed by atoms with Gasteiger partial charge in [0.25, 0.3) is 0 Å². The van der Waals surface area contributed by atoms with Gasteiger partial charge in [0.1, 0.15) is 0 Å². The minimum Gasteiger partial charge on any atom is -0.383 e. The summed E-state index contributed by atoms with van der Waals surface area (Å²) in [5, 5.41) is 9.15. The molecule has 22 heavy (non-hydrogen) atoms. The molecule has 0 amide bonds. The molecular weight excluding hydrogens is 389 g/mol. The quantitative estimate of drug-likeness (QED) is 0.332. The number of aliphatic imine (C=N–C) groups is 1. The van der Waals surface area contributed by atoms with Gasteiger partial charge in [-0.1, -0.05) is 42.5 Å². The molecule has 0 fully saturated rings. The van der Waals surface area contributed by atoms with Crippen molar-refractivity contribution < 1.29 is 4.74 Å². The second-order valence-electron chi connectivity index (χ2n) is 4.81. The van der Waals surface area contributed by atoms with Gasteiger partial charge in [-0.25, -0.2) is 0 Å². The van der Waals surface area contributed by atoms with E-state index in [4.69, 9.17) is 4.74 Å². The summed E-state index contributed by atoms with van der Waals surface area (Å²) >= 11 is 0. The van der Waals surface area contributed by atoms with Gasteiger partial charge in [-0.2, -0.15) is 0 Å². The highest BCUT2D eigenvalue weighted by Crippen LogP contribution is 2.18.